The lowest BCUT2D eigenvalue weighted by Crippen LogP contribution is -2.43. The normalized spacial score (nSPS) is 18.6. The van der Waals surface area contributed by atoms with Crippen molar-refractivity contribution in [1.82, 2.24) is 15.1 Å². The molecule has 2 aromatic heterocycles. The van der Waals surface area contributed by atoms with Crippen molar-refractivity contribution in [2.45, 2.75) is 39.2 Å². The van der Waals surface area contributed by atoms with Gasteiger partial charge in [-0.25, -0.2) is 0 Å². The average molecular weight is 317 g/mol. The first-order valence-corrected chi connectivity index (χ1v) is 8.12. The highest BCUT2D eigenvalue weighted by Crippen LogP contribution is 2.28. The van der Waals surface area contributed by atoms with E-state index < -0.39 is 0 Å². The topological polar surface area (TPSA) is 71.4 Å². The zero-order valence-electron chi connectivity index (χ0n) is 13.8. The predicted molar refractivity (Wildman–Crippen MR) is 85.4 cm³/mol. The highest BCUT2D eigenvalue weighted by Gasteiger charge is 2.32. The van der Waals surface area contributed by atoms with Gasteiger partial charge in [0.1, 0.15) is 23.3 Å². The minimum Gasteiger partial charge on any atom is -0.464 e. The van der Waals surface area contributed by atoms with Gasteiger partial charge in [0.25, 0.3) is 5.91 Å². The predicted octanol–water partition coefficient (Wildman–Crippen LogP) is 2.90. The third-order valence-corrected chi connectivity index (χ3v) is 4.19. The number of aryl methyl sites for hydroxylation is 1. The van der Waals surface area contributed by atoms with Crippen molar-refractivity contribution in [3.05, 3.63) is 41.1 Å². The molecule has 1 atom stereocenters. The first kappa shape index (κ1) is 15.8. The number of H-pyrrole nitrogens is 1. The van der Waals surface area contributed by atoms with Crippen LogP contribution in [0.5, 0.6) is 0 Å². The summed E-state index contributed by atoms with van der Waals surface area (Å²) in [6.45, 7) is 7.69. The number of carbonyl (C=O) groups excluding carboxylic acids is 1. The molecule has 1 saturated heterocycles. The standard InChI is InChI=1S/C17H23N3O3/c1-4-12-5-6-16(23-12)15-10-22-8-7-20(15)17(21)14-9-13(11(2)3)18-19-14/h5-6,9,11,15H,4,7-8,10H2,1-3H3,(H,18,19)/t15-/m0/s1. The van der Waals surface area contributed by atoms with Crippen molar-refractivity contribution in [1.29, 1.82) is 0 Å². The molecule has 0 spiro atoms. The molecule has 6 nitrogen and oxygen atoms in total. The molecule has 6 heteroatoms. The second-order valence-corrected chi connectivity index (χ2v) is 6.11. The van der Waals surface area contributed by atoms with Crippen LogP contribution in [-0.4, -0.2) is 40.8 Å². The minimum absolute atomic E-state index is 0.0871. The largest absolute Gasteiger partial charge is 0.464 e. The Morgan fingerprint density at radius 3 is 2.96 bits per heavy atom. The summed E-state index contributed by atoms with van der Waals surface area (Å²) in [6.07, 6.45) is 0.832. The van der Waals surface area contributed by atoms with Crippen molar-refractivity contribution < 1.29 is 13.9 Å². The number of morpholine rings is 1. The van der Waals surface area contributed by atoms with Crippen LogP contribution in [0.25, 0.3) is 0 Å². The maximum Gasteiger partial charge on any atom is 0.275 e. The van der Waals surface area contributed by atoms with E-state index in [0.29, 0.717) is 31.4 Å². The summed E-state index contributed by atoms with van der Waals surface area (Å²) in [4.78, 5) is 14.6. The number of hydrogen-bond donors (Lipinski definition) is 1. The highest BCUT2D eigenvalue weighted by atomic mass is 16.5. The Morgan fingerprint density at radius 2 is 2.30 bits per heavy atom. The first-order chi connectivity index (χ1) is 11.1. The lowest BCUT2D eigenvalue weighted by molar-refractivity contribution is -0.00930. The number of aromatic nitrogens is 2. The van der Waals surface area contributed by atoms with Gasteiger partial charge in [-0.05, 0) is 24.1 Å². The summed E-state index contributed by atoms with van der Waals surface area (Å²) in [5.74, 6) is 1.91. The molecule has 2 aromatic rings. The van der Waals surface area contributed by atoms with Crippen molar-refractivity contribution in [3.63, 3.8) is 0 Å². The molecule has 124 valence electrons. The average Bonchev–Trinajstić information content (AvgIpc) is 3.23. The summed E-state index contributed by atoms with van der Waals surface area (Å²) in [6, 6.07) is 5.52. The third kappa shape index (κ3) is 3.17. The fourth-order valence-electron chi connectivity index (χ4n) is 2.74. The van der Waals surface area contributed by atoms with Crippen molar-refractivity contribution in [3.8, 4) is 0 Å². The van der Waals surface area contributed by atoms with Gasteiger partial charge in [-0.2, -0.15) is 5.10 Å². The molecular formula is C17H23N3O3. The van der Waals surface area contributed by atoms with Crippen LogP contribution in [0, 0.1) is 0 Å². The van der Waals surface area contributed by atoms with Crippen LogP contribution in [0.4, 0.5) is 0 Å². The van der Waals surface area contributed by atoms with E-state index in [4.69, 9.17) is 9.15 Å². The molecule has 3 rings (SSSR count). The maximum atomic E-state index is 12.8. The molecular weight excluding hydrogens is 294 g/mol. The summed E-state index contributed by atoms with van der Waals surface area (Å²) in [5.41, 5.74) is 1.41. The fraction of sp³-hybridized carbons (Fsp3) is 0.529. The number of rotatable bonds is 4. The van der Waals surface area contributed by atoms with Crippen LogP contribution in [0.3, 0.4) is 0 Å². The van der Waals surface area contributed by atoms with Gasteiger partial charge >= 0.3 is 0 Å². The van der Waals surface area contributed by atoms with E-state index in [2.05, 4.69) is 24.0 Å². The number of ether oxygens (including phenoxy) is 1. The number of nitrogens with zero attached hydrogens (tertiary/aromatic N) is 2. The Balaban J connectivity index is 1.83. The van der Waals surface area contributed by atoms with Gasteiger partial charge in [-0.15, -0.1) is 0 Å². The maximum absolute atomic E-state index is 12.8. The third-order valence-electron chi connectivity index (χ3n) is 4.19. The van der Waals surface area contributed by atoms with Crippen LogP contribution < -0.4 is 0 Å². The van der Waals surface area contributed by atoms with E-state index in [9.17, 15) is 4.79 Å². The highest BCUT2D eigenvalue weighted by molar-refractivity contribution is 5.92. The molecule has 1 amide bonds. The van der Waals surface area contributed by atoms with E-state index in [1.165, 1.54) is 0 Å². The second-order valence-electron chi connectivity index (χ2n) is 6.11. The summed E-state index contributed by atoms with van der Waals surface area (Å²) in [5, 5.41) is 7.12. The van der Waals surface area contributed by atoms with E-state index in [1.807, 2.05) is 25.1 Å². The zero-order chi connectivity index (χ0) is 16.4. The number of amides is 1. The lowest BCUT2D eigenvalue weighted by atomic mass is 10.1. The monoisotopic (exact) mass is 317 g/mol. The molecule has 3 heterocycles. The van der Waals surface area contributed by atoms with Crippen molar-refractivity contribution in [2.24, 2.45) is 0 Å². The van der Waals surface area contributed by atoms with Crippen LogP contribution in [0.1, 0.15) is 60.4 Å². The first-order valence-electron chi connectivity index (χ1n) is 8.12. The Kier molecular flexibility index (Phi) is 4.52. The summed E-state index contributed by atoms with van der Waals surface area (Å²) in [7, 11) is 0. The number of furan rings is 1. The van der Waals surface area contributed by atoms with Crippen LogP contribution >= 0.6 is 0 Å². The van der Waals surface area contributed by atoms with Crippen LogP contribution in [0.15, 0.2) is 22.6 Å². The minimum atomic E-state index is -0.198. The summed E-state index contributed by atoms with van der Waals surface area (Å²) < 4.78 is 11.4. The van der Waals surface area contributed by atoms with Gasteiger partial charge in [-0.1, -0.05) is 20.8 Å². The molecule has 0 unspecified atom stereocenters. The zero-order valence-corrected chi connectivity index (χ0v) is 13.8. The molecule has 1 N–H and O–H groups in total. The Morgan fingerprint density at radius 1 is 1.48 bits per heavy atom. The number of nitrogens with one attached hydrogen (secondary N) is 1. The molecule has 1 aliphatic heterocycles. The van der Waals surface area contributed by atoms with Gasteiger partial charge in [0, 0.05) is 18.7 Å². The van der Waals surface area contributed by atoms with E-state index in [-0.39, 0.29) is 11.9 Å². The molecule has 1 aliphatic rings. The Labute approximate surface area is 135 Å². The van der Waals surface area contributed by atoms with Gasteiger partial charge in [0.2, 0.25) is 0 Å². The van der Waals surface area contributed by atoms with Gasteiger partial charge in [0.05, 0.1) is 13.2 Å². The van der Waals surface area contributed by atoms with Crippen molar-refractivity contribution >= 4 is 5.91 Å². The van der Waals surface area contributed by atoms with Crippen LogP contribution in [0.2, 0.25) is 0 Å². The Bertz CT molecular complexity index is 674. The smallest absolute Gasteiger partial charge is 0.275 e. The number of aromatic amines is 1. The van der Waals surface area contributed by atoms with Gasteiger partial charge in [-0.3, -0.25) is 9.89 Å². The number of carbonyl (C=O) groups is 1. The van der Waals surface area contributed by atoms with Gasteiger partial charge < -0.3 is 14.1 Å². The molecule has 0 aliphatic carbocycles. The molecule has 1 fully saturated rings. The van der Waals surface area contributed by atoms with E-state index in [0.717, 1.165) is 23.6 Å². The molecule has 0 radical (unpaired) electrons. The Hall–Kier alpha value is -2.08. The van der Waals surface area contributed by atoms with E-state index in [1.54, 1.807) is 4.90 Å². The van der Waals surface area contributed by atoms with Gasteiger partial charge in [0.15, 0.2) is 0 Å². The van der Waals surface area contributed by atoms with Crippen molar-refractivity contribution in [2.75, 3.05) is 19.8 Å². The molecule has 0 bridgehead atoms. The number of hydrogen-bond acceptors (Lipinski definition) is 4. The molecule has 0 saturated carbocycles. The molecule has 23 heavy (non-hydrogen) atoms. The molecule has 0 aromatic carbocycles. The fourth-order valence-corrected chi connectivity index (χ4v) is 2.74. The second kappa shape index (κ2) is 6.58. The summed E-state index contributed by atoms with van der Waals surface area (Å²) >= 11 is 0. The van der Waals surface area contributed by atoms with E-state index >= 15 is 0 Å². The SMILES string of the molecule is CCc1ccc([C@@H]2COCCN2C(=O)c2cc(C(C)C)[nH]n2)o1. The lowest BCUT2D eigenvalue weighted by Gasteiger charge is -2.33. The quantitative estimate of drug-likeness (QED) is 0.941. The van der Waals surface area contributed by atoms with Crippen LogP contribution in [-0.2, 0) is 11.2 Å².